The highest BCUT2D eigenvalue weighted by atomic mass is 32.2. The van der Waals surface area contributed by atoms with Crippen molar-refractivity contribution >= 4 is 23.9 Å². The number of halogens is 4. The van der Waals surface area contributed by atoms with Crippen molar-refractivity contribution in [2.45, 2.75) is 50.5 Å². The maximum absolute atomic E-state index is 14.5. The lowest BCUT2D eigenvalue weighted by Gasteiger charge is -2.21. The number of carbonyl (C=O) groups is 2. The van der Waals surface area contributed by atoms with Gasteiger partial charge in [-0.1, -0.05) is 11.3 Å². The number of fused-ring (bicyclic) bond motifs is 1. The summed E-state index contributed by atoms with van der Waals surface area (Å²) in [5, 5.41) is 40.9. The third kappa shape index (κ3) is 7.00. The fourth-order valence-electron chi connectivity index (χ4n) is 5.16. The van der Waals surface area contributed by atoms with Crippen LogP contribution in [-0.2, 0) is 21.2 Å². The van der Waals surface area contributed by atoms with E-state index in [0.717, 1.165) is 49.1 Å². The second-order valence-corrected chi connectivity index (χ2v) is 11.4. The highest BCUT2D eigenvalue weighted by molar-refractivity contribution is 7.97. The lowest BCUT2D eigenvalue weighted by atomic mass is 9.93. The molecule has 234 valence electrons. The van der Waals surface area contributed by atoms with E-state index in [1.807, 2.05) is 13.8 Å². The van der Waals surface area contributed by atoms with Crippen LogP contribution in [0.2, 0.25) is 0 Å². The fraction of sp³-hybridized carbons (Fsp3) is 0.500. The first-order valence-electron chi connectivity index (χ1n) is 13.0. The lowest BCUT2D eigenvalue weighted by molar-refractivity contribution is -0.165. The molecule has 12 nitrogen and oxygen atoms in total. The van der Waals surface area contributed by atoms with Crippen LogP contribution in [0.25, 0.3) is 11.5 Å². The van der Waals surface area contributed by atoms with Crippen LogP contribution in [0.15, 0.2) is 29.0 Å². The molecule has 3 heterocycles. The van der Waals surface area contributed by atoms with Gasteiger partial charge in [0.2, 0.25) is 0 Å². The predicted molar refractivity (Wildman–Crippen MR) is 142 cm³/mol. The number of hydrogen-bond acceptors (Lipinski definition) is 10. The lowest BCUT2D eigenvalue weighted by Crippen LogP contribution is -2.39. The Kier molecular flexibility index (Phi) is 9.48. The molecule has 0 radical (unpaired) electrons. The number of hydrogen-bond donors (Lipinski definition) is 4. The number of aliphatic hydroxyl groups excluding tert-OH is 2. The van der Waals surface area contributed by atoms with E-state index in [2.05, 4.69) is 20.2 Å². The largest absolute Gasteiger partial charge is 0.479 e. The summed E-state index contributed by atoms with van der Waals surface area (Å²) in [5.41, 5.74) is 1.48. The SMILES string of the molecule is Cc1ncoc1-c1nnn(SCCCN2CC3CC3(c3ccc(C(F)(F)F)cc3F)C2)c1C.O=C(O)C(O)C(O)C(=O)O. The minimum atomic E-state index is -4.53. The Balaban J connectivity index is 0.000000365. The van der Waals surface area contributed by atoms with E-state index in [9.17, 15) is 27.2 Å². The molecule has 2 aromatic heterocycles. The molecule has 1 aliphatic heterocycles. The Morgan fingerprint density at radius 2 is 1.86 bits per heavy atom. The van der Waals surface area contributed by atoms with Gasteiger partial charge in [-0.2, -0.15) is 17.3 Å². The van der Waals surface area contributed by atoms with Crippen molar-refractivity contribution in [2.24, 2.45) is 5.92 Å². The van der Waals surface area contributed by atoms with Gasteiger partial charge in [-0.3, -0.25) is 0 Å². The van der Waals surface area contributed by atoms with Crippen molar-refractivity contribution in [3.8, 4) is 11.5 Å². The first kappa shape index (κ1) is 32.4. The molecule has 4 N–H and O–H groups in total. The molecule has 2 aliphatic rings. The Morgan fingerprint density at radius 3 is 2.42 bits per heavy atom. The standard InChI is InChI=1S/C22H23F4N5OS.C4H6O6/c1-13-20(32-12-27-13)19-14(2)31(29-28-19)33-7-3-6-30-10-16-9-21(16,11-30)17-5-4-15(8-18(17)23)22(24,25)26;5-1(3(7)8)2(6)4(9)10/h4-5,8,12,16H,3,6-7,9-11H2,1-2H3;1-2,5-6H,(H,7,8)(H,9,10). The van der Waals surface area contributed by atoms with E-state index in [-0.39, 0.29) is 5.41 Å². The number of rotatable bonds is 10. The number of aliphatic hydroxyl groups is 2. The Hall–Kier alpha value is -3.54. The molecular formula is C26H29F4N5O7S. The number of carboxylic acids is 2. The Morgan fingerprint density at radius 1 is 1.19 bits per heavy atom. The molecule has 4 atom stereocenters. The van der Waals surface area contributed by atoms with E-state index < -0.39 is 41.7 Å². The van der Waals surface area contributed by atoms with Gasteiger partial charge in [0, 0.05) is 24.3 Å². The summed E-state index contributed by atoms with van der Waals surface area (Å²) in [5.74, 6) is -2.53. The van der Waals surface area contributed by atoms with Crippen molar-refractivity contribution in [1.29, 1.82) is 0 Å². The molecule has 0 amide bonds. The third-order valence-electron chi connectivity index (χ3n) is 7.50. The van der Waals surface area contributed by atoms with Crippen LogP contribution in [-0.4, -0.2) is 94.2 Å². The molecule has 1 saturated heterocycles. The monoisotopic (exact) mass is 631 g/mol. The first-order valence-corrected chi connectivity index (χ1v) is 14.0. The Labute approximate surface area is 246 Å². The molecule has 17 heteroatoms. The molecule has 1 aromatic carbocycles. The molecule has 1 aliphatic carbocycles. The summed E-state index contributed by atoms with van der Waals surface area (Å²) in [6, 6.07) is 2.96. The van der Waals surface area contributed by atoms with Crippen LogP contribution < -0.4 is 0 Å². The van der Waals surface area contributed by atoms with E-state index in [0.29, 0.717) is 35.5 Å². The number of benzene rings is 1. The maximum atomic E-state index is 14.5. The van der Waals surface area contributed by atoms with Crippen molar-refractivity contribution < 1.29 is 52.0 Å². The summed E-state index contributed by atoms with van der Waals surface area (Å²) in [4.78, 5) is 25.9. The highest BCUT2D eigenvalue weighted by Crippen LogP contribution is 2.59. The normalized spacial score (nSPS) is 21.1. The summed E-state index contributed by atoms with van der Waals surface area (Å²) in [7, 11) is 0. The smallest absolute Gasteiger partial charge is 0.416 e. The number of aryl methyl sites for hydroxylation is 1. The average Bonchev–Trinajstić information content (AvgIpc) is 3.21. The van der Waals surface area contributed by atoms with Crippen LogP contribution in [0, 0.1) is 25.6 Å². The van der Waals surface area contributed by atoms with Gasteiger partial charge in [-0.05, 0) is 68.8 Å². The summed E-state index contributed by atoms with van der Waals surface area (Å²) in [6.07, 6.45) is -5.94. The van der Waals surface area contributed by atoms with Gasteiger partial charge in [0.05, 0.1) is 17.0 Å². The second-order valence-electron chi connectivity index (χ2n) is 10.4. The molecule has 4 unspecified atom stereocenters. The van der Waals surface area contributed by atoms with Crippen LogP contribution in [0.1, 0.15) is 35.4 Å². The second kappa shape index (κ2) is 12.6. The summed E-state index contributed by atoms with van der Waals surface area (Å²) in [6.45, 7) is 6.16. The maximum Gasteiger partial charge on any atom is 0.416 e. The number of oxazole rings is 1. The zero-order valence-corrected chi connectivity index (χ0v) is 23.8. The number of alkyl halides is 3. The molecular weight excluding hydrogens is 602 g/mol. The minimum Gasteiger partial charge on any atom is -0.479 e. The zero-order chi connectivity index (χ0) is 31.7. The van der Waals surface area contributed by atoms with Crippen molar-refractivity contribution in [3.63, 3.8) is 0 Å². The number of aliphatic carboxylic acids is 2. The predicted octanol–water partition coefficient (Wildman–Crippen LogP) is 2.75. The van der Waals surface area contributed by atoms with Gasteiger partial charge in [-0.15, -0.1) is 5.10 Å². The van der Waals surface area contributed by atoms with E-state index in [1.54, 1.807) is 16.0 Å². The topological polar surface area (TPSA) is 175 Å². The van der Waals surface area contributed by atoms with Gasteiger partial charge in [-0.25, -0.2) is 19.0 Å². The average molecular weight is 632 g/mol. The Bertz CT molecular complexity index is 1460. The van der Waals surface area contributed by atoms with Gasteiger partial charge < -0.3 is 29.7 Å². The summed E-state index contributed by atoms with van der Waals surface area (Å²) < 4.78 is 60.3. The number of nitrogens with zero attached hydrogens (tertiary/aromatic N) is 5. The number of likely N-dealkylation sites (tertiary alicyclic amines) is 1. The molecule has 1 saturated carbocycles. The highest BCUT2D eigenvalue weighted by Gasteiger charge is 2.61. The van der Waals surface area contributed by atoms with Crippen molar-refractivity contribution in [3.05, 3.63) is 52.9 Å². The quantitative estimate of drug-likeness (QED) is 0.191. The van der Waals surface area contributed by atoms with Gasteiger partial charge in [0.25, 0.3) is 0 Å². The van der Waals surface area contributed by atoms with Crippen LogP contribution in [0.3, 0.4) is 0 Å². The van der Waals surface area contributed by atoms with E-state index >= 15 is 0 Å². The van der Waals surface area contributed by atoms with Gasteiger partial charge in [0.15, 0.2) is 30.1 Å². The molecule has 2 fully saturated rings. The number of aromatic nitrogens is 4. The van der Waals surface area contributed by atoms with E-state index in [4.69, 9.17) is 24.8 Å². The van der Waals surface area contributed by atoms with Crippen LogP contribution in [0.5, 0.6) is 0 Å². The molecule has 3 aromatic rings. The first-order chi connectivity index (χ1) is 20.2. The number of carboxylic acid groups (broad SMARTS) is 2. The summed E-state index contributed by atoms with van der Waals surface area (Å²) >= 11 is 1.56. The van der Waals surface area contributed by atoms with Gasteiger partial charge >= 0.3 is 18.1 Å². The number of piperidine rings is 1. The molecule has 0 spiro atoms. The van der Waals surface area contributed by atoms with E-state index in [1.165, 1.54) is 12.5 Å². The molecule has 43 heavy (non-hydrogen) atoms. The van der Waals surface area contributed by atoms with Crippen molar-refractivity contribution in [2.75, 3.05) is 25.4 Å². The van der Waals surface area contributed by atoms with Crippen molar-refractivity contribution in [1.82, 2.24) is 24.3 Å². The van der Waals surface area contributed by atoms with Crippen LogP contribution in [0.4, 0.5) is 17.6 Å². The minimum absolute atomic E-state index is 0.307. The van der Waals surface area contributed by atoms with Gasteiger partial charge in [0.1, 0.15) is 5.82 Å². The molecule has 0 bridgehead atoms. The fourth-order valence-corrected chi connectivity index (χ4v) is 5.96. The zero-order valence-electron chi connectivity index (χ0n) is 23.0. The molecule has 5 rings (SSSR count). The van der Waals surface area contributed by atoms with Crippen LogP contribution >= 0.6 is 11.9 Å². The third-order valence-corrected chi connectivity index (χ3v) is 8.57.